The molecule has 1 aromatic carbocycles. The Labute approximate surface area is 221 Å². The standard InChI is InChI=1S/C25H33N5O5.BrH/c1-8-35-19-11-15-12-30(23(26)20(15)28-21(19)24(32)27-4)13-18(31)14-9-16(25(2,3)33)22(34-7)17(10-14)29(5)6;/h9-11,26,33H,8,12-13H2,1-7H3,(H,27,32);1H. The number of aromatic nitrogens is 1. The lowest BCUT2D eigenvalue weighted by Gasteiger charge is -2.27. The van der Waals surface area contributed by atoms with E-state index in [2.05, 4.69) is 10.3 Å². The molecule has 2 heterocycles. The number of nitrogens with one attached hydrogen (secondary N) is 2. The molecule has 1 amide bonds. The maximum Gasteiger partial charge on any atom is 0.273 e. The van der Waals surface area contributed by atoms with E-state index in [9.17, 15) is 14.7 Å². The molecule has 10 nitrogen and oxygen atoms in total. The van der Waals surface area contributed by atoms with Gasteiger partial charge in [-0.2, -0.15) is 0 Å². The highest BCUT2D eigenvalue weighted by Gasteiger charge is 2.32. The largest absolute Gasteiger partial charge is 0.494 e. The van der Waals surface area contributed by atoms with Crippen molar-refractivity contribution in [3.63, 3.8) is 0 Å². The molecule has 1 aliphatic rings. The van der Waals surface area contributed by atoms with Gasteiger partial charge in [-0.15, -0.1) is 17.0 Å². The number of Topliss-reactive ketones (excluding diaryl/α,β-unsaturated/α-hetero) is 1. The van der Waals surface area contributed by atoms with E-state index in [-0.39, 0.29) is 47.4 Å². The van der Waals surface area contributed by atoms with E-state index in [1.807, 2.05) is 25.9 Å². The van der Waals surface area contributed by atoms with Gasteiger partial charge in [0.05, 0.1) is 31.5 Å². The monoisotopic (exact) mass is 563 g/mol. The van der Waals surface area contributed by atoms with Crippen molar-refractivity contribution in [3.05, 3.63) is 46.3 Å². The van der Waals surface area contributed by atoms with Crippen molar-refractivity contribution in [3.8, 4) is 11.5 Å². The molecule has 0 saturated heterocycles. The summed E-state index contributed by atoms with van der Waals surface area (Å²) < 4.78 is 11.1. The first-order valence-electron chi connectivity index (χ1n) is 11.3. The van der Waals surface area contributed by atoms with Crippen LogP contribution < -0.4 is 19.7 Å². The van der Waals surface area contributed by atoms with Gasteiger partial charge in [-0.3, -0.25) is 15.0 Å². The van der Waals surface area contributed by atoms with E-state index in [0.29, 0.717) is 46.2 Å². The fourth-order valence-corrected chi connectivity index (χ4v) is 4.02. The number of carbonyl (C=O) groups excluding carboxylic acids is 2. The molecule has 1 aliphatic heterocycles. The molecule has 196 valence electrons. The molecule has 2 aromatic rings. The average Bonchev–Trinajstić information content (AvgIpc) is 3.10. The van der Waals surface area contributed by atoms with Gasteiger partial charge >= 0.3 is 0 Å². The first kappa shape index (κ1) is 29.1. The van der Waals surface area contributed by atoms with Gasteiger partial charge in [0.2, 0.25) is 0 Å². The molecule has 0 bridgehead atoms. The summed E-state index contributed by atoms with van der Waals surface area (Å²) >= 11 is 0. The van der Waals surface area contributed by atoms with E-state index in [4.69, 9.17) is 14.9 Å². The number of hydrogen-bond donors (Lipinski definition) is 3. The van der Waals surface area contributed by atoms with Gasteiger partial charge in [-0.05, 0) is 39.0 Å². The topological polar surface area (TPSA) is 128 Å². The summed E-state index contributed by atoms with van der Waals surface area (Å²) in [4.78, 5) is 33.4. The van der Waals surface area contributed by atoms with Crippen molar-refractivity contribution >= 4 is 40.2 Å². The maximum absolute atomic E-state index is 13.4. The van der Waals surface area contributed by atoms with Gasteiger partial charge < -0.3 is 29.7 Å². The summed E-state index contributed by atoms with van der Waals surface area (Å²) in [6.45, 7) is 5.66. The van der Waals surface area contributed by atoms with Crippen molar-refractivity contribution < 1.29 is 24.2 Å². The van der Waals surface area contributed by atoms with E-state index in [0.717, 1.165) is 0 Å². The number of fused-ring (bicyclic) bond motifs is 1. The third-order valence-electron chi connectivity index (χ3n) is 5.78. The van der Waals surface area contributed by atoms with Crippen LogP contribution in [0, 0.1) is 5.41 Å². The zero-order chi connectivity index (χ0) is 26.1. The maximum atomic E-state index is 13.4. The Morgan fingerprint density at radius 1 is 1.28 bits per heavy atom. The number of hydrogen-bond acceptors (Lipinski definition) is 8. The van der Waals surface area contributed by atoms with Crippen LogP contribution >= 0.6 is 17.0 Å². The molecule has 3 rings (SSSR count). The number of ketones is 1. The highest BCUT2D eigenvalue weighted by molar-refractivity contribution is 8.93. The molecular formula is C25H34BrN5O5. The number of methoxy groups -OCH3 is 1. The molecule has 0 spiro atoms. The van der Waals surface area contributed by atoms with E-state index in [1.165, 1.54) is 14.2 Å². The molecule has 0 saturated carbocycles. The number of anilines is 1. The number of halogens is 1. The third-order valence-corrected chi connectivity index (χ3v) is 5.78. The van der Waals surface area contributed by atoms with Crippen molar-refractivity contribution in [1.29, 1.82) is 5.41 Å². The minimum Gasteiger partial charge on any atom is -0.494 e. The van der Waals surface area contributed by atoms with Crippen LogP contribution in [0.5, 0.6) is 11.5 Å². The summed E-state index contributed by atoms with van der Waals surface area (Å²) in [5.41, 5.74) is 1.47. The van der Waals surface area contributed by atoms with Crippen LogP contribution in [0.25, 0.3) is 0 Å². The fraction of sp³-hybridized carbons (Fsp3) is 0.440. The highest BCUT2D eigenvalue weighted by Crippen LogP contribution is 2.39. The molecule has 0 atom stereocenters. The lowest BCUT2D eigenvalue weighted by atomic mass is 9.93. The quantitative estimate of drug-likeness (QED) is 0.397. The normalized spacial score (nSPS) is 12.6. The number of nitrogens with zero attached hydrogens (tertiary/aromatic N) is 3. The van der Waals surface area contributed by atoms with Gasteiger partial charge in [0, 0.05) is 44.4 Å². The lowest BCUT2D eigenvalue weighted by molar-refractivity contribution is 0.0755. The minimum atomic E-state index is -1.24. The molecule has 0 unspecified atom stereocenters. The summed E-state index contributed by atoms with van der Waals surface area (Å²) in [6, 6.07) is 5.06. The van der Waals surface area contributed by atoms with Crippen molar-refractivity contribution in [2.45, 2.75) is 32.9 Å². The fourth-order valence-electron chi connectivity index (χ4n) is 4.02. The molecule has 0 radical (unpaired) electrons. The van der Waals surface area contributed by atoms with Gasteiger partial charge in [-0.1, -0.05) is 0 Å². The minimum absolute atomic E-state index is 0. The van der Waals surface area contributed by atoms with E-state index >= 15 is 0 Å². The number of rotatable bonds is 9. The summed E-state index contributed by atoms with van der Waals surface area (Å²) in [5.74, 6) is 0.259. The van der Waals surface area contributed by atoms with Crippen LogP contribution in [-0.4, -0.2) is 73.9 Å². The zero-order valence-electron chi connectivity index (χ0n) is 21.7. The van der Waals surface area contributed by atoms with Crippen LogP contribution in [0.3, 0.4) is 0 Å². The van der Waals surface area contributed by atoms with Crippen molar-refractivity contribution in [2.75, 3.05) is 46.3 Å². The number of aliphatic hydroxyl groups is 1. The van der Waals surface area contributed by atoms with Gasteiger partial charge in [-0.25, -0.2) is 4.98 Å². The molecular weight excluding hydrogens is 530 g/mol. The average molecular weight is 564 g/mol. The summed E-state index contributed by atoms with van der Waals surface area (Å²) in [6.07, 6.45) is 0. The second-order valence-corrected chi connectivity index (χ2v) is 9.01. The lowest BCUT2D eigenvalue weighted by Crippen LogP contribution is -2.31. The van der Waals surface area contributed by atoms with Crippen molar-refractivity contribution in [2.24, 2.45) is 0 Å². The summed E-state index contributed by atoms with van der Waals surface area (Å²) in [5, 5.41) is 21.8. The number of amidine groups is 1. The number of carbonyl (C=O) groups is 2. The Balaban J connectivity index is 0.00000456. The molecule has 11 heteroatoms. The van der Waals surface area contributed by atoms with Gasteiger partial charge in [0.15, 0.2) is 17.2 Å². The molecule has 0 fully saturated rings. The first-order valence-corrected chi connectivity index (χ1v) is 11.3. The Morgan fingerprint density at radius 2 is 1.94 bits per heavy atom. The molecule has 0 aliphatic carbocycles. The molecule has 36 heavy (non-hydrogen) atoms. The van der Waals surface area contributed by atoms with Gasteiger partial charge in [0.25, 0.3) is 5.91 Å². The molecule has 3 N–H and O–H groups in total. The van der Waals surface area contributed by atoms with Crippen LogP contribution in [0.2, 0.25) is 0 Å². The predicted octanol–water partition coefficient (Wildman–Crippen LogP) is 2.74. The number of ether oxygens (including phenoxy) is 2. The SMILES string of the molecule is Br.CCOc1cc2c(nc1C(=O)NC)C(=N)N(CC(=O)c1cc(N(C)C)c(OC)c(C(C)(C)O)c1)C2. The third kappa shape index (κ3) is 5.62. The van der Waals surface area contributed by atoms with Crippen LogP contribution in [0.1, 0.15) is 58.4 Å². The number of benzene rings is 1. The van der Waals surface area contributed by atoms with Crippen LogP contribution in [0.15, 0.2) is 18.2 Å². The van der Waals surface area contributed by atoms with Crippen LogP contribution in [0.4, 0.5) is 5.69 Å². The Kier molecular flexibility index (Phi) is 9.08. The van der Waals surface area contributed by atoms with Crippen LogP contribution in [-0.2, 0) is 12.1 Å². The van der Waals surface area contributed by atoms with E-state index < -0.39 is 11.5 Å². The van der Waals surface area contributed by atoms with Gasteiger partial charge in [0.1, 0.15) is 17.3 Å². The van der Waals surface area contributed by atoms with Crippen molar-refractivity contribution in [1.82, 2.24) is 15.2 Å². The second kappa shape index (κ2) is 11.3. The Hall–Kier alpha value is -3.18. The smallest absolute Gasteiger partial charge is 0.273 e. The first-order chi connectivity index (χ1) is 16.4. The highest BCUT2D eigenvalue weighted by atomic mass is 79.9. The molecule has 1 aromatic heterocycles. The second-order valence-electron chi connectivity index (χ2n) is 9.01. The zero-order valence-corrected chi connectivity index (χ0v) is 23.4. The van der Waals surface area contributed by atoms with E-state index in [1.54, 1.807) is 36.9 Å². The number of pyridine rings is 1. The predicted molar refractivity (Wildman–Crippen MR) is 143 cm³/mol. The summed E-state index contributed by atoms with van der Waals surface area (Å²) in [7, 11) is 6.69. The Morgan fingerprint density at radius 3 is 2.47 bits per heavy atom. The number of amides is 1. The Bertz CT molecular complexity index is 1180.